The smallest absolute Gasteiger partial charge is 0.161 e. The Hall–Kier alpha value is -1.26. The summed E-state index contributed by atoms with van der Waals surface area (Å²) in [6, 6.07) is 6.15. The monoisotopic (exact) mass is 263 g/mol. The number of fused-ring (bicyclic) bond motifs is 1. The van der Waals surface area contributed by atoms with E-state index in [0.29, 0.717) is 19.3 Å². The average molecular weight is 263 g/mol. The lowest BCUT2D eigenvalue weighted by molar-refractivity contribution is 0.142. The van der Waals surface area contributed by atoms with E-state index in [1.165, 1.54) is 12.8 Å². The molecule has 2 aliphatic heterocycles. The first-order chi connectivity index (χ1) is 9.33. The first-order valence-corrected chi connectivity index (χ1v) is 7.14. The summed E-state index contributed by atoms with van der Waals surface area (Å²) in [6.45, 7) is 2.25. The van der Waals surface area contributed by atoms with Crippen LogP contribution in [0.5, 0.6) is 11.5 Å². The minimum absolute atomic E-state index is 0.428. The molecule has 0 bridgehead atoms. The van der Waals surface area contributed by atoms with E-state index in [1.54, 1.807) is 0 Å². The first-order valence-electron chi connectivity index (χ1n) is 7.14. The lowest BCUT2D eigenvalue weighted by atomic mass is 9.96. The van der Waals surface area contributed by atoms with Gasteiger partial charge in [0.1, 0.15) is 13.2 Å². The van der Waals surface area contributed by atoms with E-state index in [9.17, 15) is 5.11 Å². The molecule has 4 heteroatoms. The Morgan fingerprint density at radius 2 is 2.05 bits per heavy atom. The Balaban J connectivity index is 1.67. The highest BCUT2D eigenvalue weighted by molar-refractivity contribution is 5.44. The number of aliphatic hydroxyl groups is 1. The van der Waals surface area contributed by atoms with E-state index >= 15 is 0 Å². The Morgan fingerprint density at radius 3 is 2.84 bits per heavy atom. The zero-order valence-electron chi connectivity index (χ0n) is 11.1. The summed E-state index contributed by atoms with van der Waals surface area (Å²) in [4.78, 5) is 0. The van der Waals surface area contributed by atoms with E-state index < -0.39 is 6.10 Å². The fraction of sp³-hybridized carbons (Fsp3) is 0.600. The van der Waals surface area contributed by atoms with Crippen molar-refractivity contribution in [2.24, 2.45) is 0 Å². The molecular formula is C15H21NO3. The molecule has 1 aromatic rings. The zero-order valence-corrected chi connectivity index (χ0v) is 11.1. The lowest BCUT2D eigenvalue weighted by Crippen LogP contribution is -2.35. The number of hydrogen-bond acceptors (Lipinski definition) is 4. The lowest BCUT2D eigenvalue weighted by Gasteiger charge is -2.26. The van der Waals surface area contributed by atoms with Crippen molar-refractivity contribution in [2.45, 2.75) is 37.8 Å². The maximum Gasteiger partial charge on any atom is 0.161 e. The van der Waals surface area contributed by atoms with Gasteiger partial charge in [0.15, 0.2) is 11.5 Å². The number of nitrogens with one attached hydrogen (secondary N) is 1. The molecule has 104 valence electrons. The first kappa shape index (κ1) is 12.8. The molecule has 0 spiro atoms. The van der Waals surface area contributed by atoms with Crippen molar-refractivity contribution in [1.82, 2.24) is 5.32 Å². The summed E-state index contributed by atoms with van der Waals surface area (Å²) in [5.41, 5.74) is 0.914. The van der Waals surface area contributed by atoms with E-state index in [2.05, 4.69) is 5.32 Å². The number of benzene rings is 1. The third-order valence-corrected chi connectivity index (χ3v) is 3.87. The van der Waals surface area contributed by atoms with Gasteiger partial charge >= 0.3 is 0 Å². The Labute approximate surface area is 113 Å². The van der Waals surface area contributed by atoms with Crippen molar-refractivity contribution in [2.75, 3.05) is 19.8 Å². The summed E-state index contributed by atoms with van der Waals surface area (Å²) in [5, 5.41) is 13.8. The summed E-state index contributed by atoms with van der Waals surface area (Å²) >= 11 is 0. The summed E-state index contributed by atoms with van der Waals surface area (Å²) in [5.74, 6) is 1.53. The molecule has 0 radical (unpaired) electrons. The van der Waals surface area contributed by atoms with E-state index in [4.69, 9.17) is 9.47 Å². The maximum absolute atomic E-state index is 10.3. The van der Waals surface area contributed by atoms with Crippen molar-refractivity contribution in [3.05, 3.63) is 23.8 Å². The Morgan fingerprint density at radius 1 is 1.21 bits per heavy atom. The third-order valence-electron chi connectivity index (χ3n) is 3.87. The van der Waals surface area contributed by atoms with Crippen LogP contribution in [-0.2, 0) is 0 Å². The number of rotatable bonds is 3. The van der Waals surface area contributed by atoms with Crippen LogP contribution in [0.4, 0.5) is 0 Å². The van der Waals surface area contributed by atoms with Crippen LogP contribution in [0.2, 0.25) is 0 Å². The van der Waals surface area contributed by atoms with Crippen LogP contribution >= 0.6 is 0 Å². The minimum atomic E-state index is -0.438. The van der Waals surface area contributed by atoms with Crippen LogP contribution in [-0.4, -0.2) is 30.9 Å². The van der Waals surface area contributed by atoms with Gasteiger partial charge in [0.2, 0.25) is 0 Å². The second kappa shape index (κ2) is 5.80. The van der Waals surface area contributed by atoms with Gasteiger partial charge in [-0.1, -0.05) is 12.5 Å². The van der Waals surface area contributed by atoms with Crippen molar-refractivity contribution < 1.29 is 14.6 Å². The average Bonchev–Trinajstić information content (AvgIpc) is 2.48. The highest BCUT2D eigenvalue weighted by atomic mass is 16.6. The quantitative estimate of drug-likeness (QED) is 0.876. The largest absolute Gasteiger partial charge is 0.486 e. The van der Waals surface area contributed by atoms with Gasteiger partial charge in [-0.05, 0) is 43.5 Å². The van der Waals surface area contributed by atoms with Crippen LogP contribution in [0, 0.1) is 0 Å². The van der Waals surface area contributed by atoms with Crippen molar-refractivity contribution >= 4 is 0 Å². The van der Waals surface area contributed by atoms with Gasteiger partial charge in [-0.15, -0.1) is 0 Å². The SMILES string of the molecule is OC(CC1CCCCN1)c1ccc2c(c1)OCCO2. The number of aliphatic hydroxyl groups excluding tert-OH is 1. The standard InChI is InChI=1S/C15H21NO3/c17-13(10-12-3-1-2-6-16-12)11-4-5-14-15(9-11)19-8-7-18-14/h4-5,9,12-13,16-17H,1-3,6-8,10H2. The number of hydrogen-bond donors (Lipinski definition) is 2. The fourth-order valence-corrected chi connectivity index (χ4v) is 2.80. The van der Waals surface area contributed by atoms with Gasteiger partial charge < -0.3 is 19.9 Å². The number of piperidine rings is 1. The van der Waals surface area contributed by atoms with Gasteiger partial charge in [0.25, 0.3) is 0 Å². The Kier molecular flexibility index (Phi) is 3.89. The molecular weight excluding hydrogens is 242 g/mol. The molecule has 2 atom stereocenters. The third kappa shape index (κ3) is 3.01. The highest BCUT2D eigenvalue weighted by Crippen LogP contribution is 2.33. The van der Waals surface area contributed by atoms with E-state index in [-0.39, 0.29) is 0 Å². The van der Waals surface area contributed by atoms with Crippen molar-refractivity contribution in [1.29, 1.82) is 0 Å². The van der Waals surface area contributed by atoms with Crippen molar-refractivity contribution in [3.8, 4) is 11.5 Å². The van der Waals surface area contributed by atoms with Gasteiger partial charge in [0.05, 0.1) is 6.10 Å². The molecule has 0 amide bonds. The zero-order chi connectivity index (χ0) is 13.1. The van der Waals surface area contributed by atoms with E-state index in [0.717, 1.165) is 36.4 Å². The summed E-state index contributed by atoms with van der Waals surface area (Å²) in [6.07, 6.45) is 3.98. The molecule has 1 aromatic carbocycles. The van der Waals surface area contributed by atoms with E-state index in [1.807, 2.05) is 18.2 Å². The van der Waals surface area contributed by atoms with Gasteiger partial charge in [0, 0.05) is 6.04 Å². The molecule has 0 saturated carbocycles. The topological polar surface area (TPSA) is 50.7 Å². The van der Waals surface area contributed by atoms with Crippen LogP contribution in [0.25, 0.3) is 0 Å². The molecule has 2 unspecified atom stereocenters. The molecule has 4 nitrogen and oxygen atoms in total. The van der Waals surface area contributed by atoms with Crippen LogP contribution in [0.15, 0.2) is 18.2 Å². The van der Waals surface area contributed by atoms with Gasteiger partial charge in [-0.25, -0.2) is 0 Å². The minimum Gasteiger partial charge on any atom is -0.486 e. The second-order valence-electron chi connectivity index (χ2n) is 5.30. The maximum atomic E-state index is 10.3. The van der Waals surface area contributed by atoms with Crippen molar-refractivity contribution in [3.63, 3.8) is 0 Å². The molecule has 2 N–H and O–H groups in total. The highest BCUT2D eigenvalue weighted by Gasteiger charge is 2.20. The predicted molar refractivity (Wildman–Crippen MR) is 72.7 cm³/mol. The van der Waals surface area contributed by atoms with Gasteiger partial charge in [-0.2, -0.15) is 0 Å². The molecule has 3 rings (SSSR count). The molecule has 0 aliphatic carbocycles. The summed E-state index contributed by atoms with van der Waals surface area (Å²) in [7, 11) is 0. The summed E-state index contributed by atoms with van der Waals surface area (Å²) < 4.78 is 11.0. The van der Waals surface area contributed by atoms with Crippen LogP contribution < -0.4 is 14.8 Å². The number of ether oxygens (including phenoxy) is 2. The molecule has 1 fully saturated rings. The van der Waals surface area contributed by atoms with Crippen LogP contribution in [0.1, 0.15) is 37.4 Å². The van der Waals surface area contributed by atoms with Crippen LogP contribution in [0.3, 0.4) is 0 Å². The van der Waals surface area contributed by atoms with Gasteiger partial charge in [-0.3, -0.25) is 0 Å². The predicted octanol–water partition coefficient (Wildman–Crippen LogP) is 2.02. The second-order valence-corrected chi connectivity index (χ2v) is 5.30. The molecule has 0 aromatic heterocycles. The normalized spacial score (nSPS) is 23.9. The molecule has 2 heterocycles. The fourth-order valence-electron chi connectivity index (χ4n) is 2.80. The molecule has 1 saturated heterocycles. The Bertz CT molecular complexity index is 429. The molecule has 2 aliphatic rings. The molecule has 19 heavy (non-hydrogen) atoms.